The standard InChI is InChI=1S/C15H17NOS/c16-14-8-4-7-13(9-14)15(17)11-18-10-12-5-2-1-3-6-12/h1-9,15,17H,10-11,16H2. The molecule has 0 radical (unpaired) electrons. The Hall–Kier alpha value is -1.45. The smallest absolute Gasteiger partial charge is 0.0881 e. The monoisotopic (exact) mass is 259 g/mol. The summed E-state index contributed by atoms with van der Waals surface area (Å²) in [6.07, 6.45) is -0.456. The van der Waals surface area contributed by atoms with E-state index >= 15 is 0 Å². The second-order valence-electron chi connectivity index (χ2n) is 4.19. The Labute approximate surface area is 112 Å². The topological polar surface area (TPSA) is 46.2 Å². The molecule has 2 aromatic carbocycles. The second-order valence-corrected chi connectivity index (χ2v) is 5.22. The van der Waals surface area contributed by atoms with Gasteiger partial charge in [0.25, 0.3) is 0 Å². The average Bonchev–Trinajstić information content (AvgIpc) is 2.40. The van der Waals surface area contributed by atoms with Crippen LogP contribution >= 0.6 is 11.8 Å². The van der Waals surface area contributed by atoms with Gasteiger partial charge in [-0.2, -0.15) is 11.8 Å². The fourth-order valence-electron chi connectivity index (χ4n) is 1.73. The minimum atomic E-state index is -0.456. The third-order valence-electron chi connectivity index (χ3n) is 2.68. The number of benzene rings is 2. The first-order valence-corrected chi connectivity index (χ1v) is 7.06. The van der Waals surface area contributed by atoms with E-state index in [-0.39, 0.29) is 0 Å². The predicted molar refractivity (Wildman–Crippen MR) is 78.4 cm³/mol. The van der Waals surface area contributed by atoms with E-state index in [1.807, 2.05) is 42.5 Å². The van der Waals surface area contributed by atoms with E-state index in [2.05, 4.69) is 12.1 Å². The van der Waals surface area contributed by atoms with Crippen LogP contribution in [0, 0.1) is 0 Å². The molecule has 0 saturated heterocycles. The van der Waals surface area contributed by atoms with Crippen LogP contribution in [0.2, 0.25) is 0 Å². The number of aliphatic hydroxyl groups is 1. The quantitative estimate of drug-likeness (QED) is 0.810. The molecule has 3 N–H and O–H groups in total. The molecule has 18 heavy (non-hydrogen) atoms. The summed E-state index contributed by atoms with van der Waals surface area (Å²) in [5.74, 6) is 1.60. The van der Waals surface area contributed by atoms with Crippen molar-refractivity contribution in [2.75, 3.05) is 11.5 Å². The lowest BCUT2D eigenvalue weighted by molar-refractivity contribution is 0.204. The highest BCUT2D eigenvalue weighted by molar-refractivity contribution is 7.98. The summed E-state index contributed by atoms with van der Waals surface area (Å²) in [7, 11) is 0. The first-order valence-electron chi connectivity index (χ1n) is 5.91. The van der Waals surface area contributed by atoms with E-state index < -0.39 is 6.10 Å². The molecule has 0 amide bonds. The SMILES string of the molecule is Nc1cccc(C(O)CSCc2ccccc2)c1. The van der Waals surface area contributed by atoms with Gasteiger partial charge in [-0.25, -0.2) is 0 Å². The molecule has 2 aromatic rings. The number of aliphatic hydroxyl groups excluding tert-OH is 1. The van der Waals surface area contributed by atoms with Crippen molar-refractivity contribution in [3.05, 3.63) is 65.7 Å². The number of nitrogen functional groups attached to an aromatic ring is 1. The van der Waals surface area contributed by atoms with E-state index in [9.17, 15) is 5.11 Å². The molecule has 2 nitrogen and oxygen atoms in total. The molecule has 0 spiro atoms. The van der Waals surface area contributed by atoms with Gasteiger partial charge in [-0.05, 0) is 23.3 Å². The third kappa shape index (κ3) is 3.79. The number of hydrogen-bond donors (Lipinski definition) is 2. The van der Waals surface area contributed by atoms with Crippen molar-refractivity contribution in [2.24, 2.45) is 0 Å². The van der Waals surface area contributed by atoms with Crippen LogP contribution < -0.4 is 5.73 Å². The van der Waals surface area contributed by atoms with Crippen molar-refractivity contribution in [1.82, 2.24) is 0 Å². The number of nitrogens with two attached hydrogens (primary N) is 1. The predicted octanol–water partition coefficient (Wildman–Crippen LogP) is 3.24. The third-order valence-corrected chi connectivity index (χ3v) is 3.77. The molecule has 1 unspecified atom stereocenters. The van der Waals surface area contributed by atoms with Gasteiger partial charge in [-0.15, -0.1) is 0 Å². The average molecular weight is 259 g/mol. The molecular weight excluding hydrogens is 242 g/mol. The second kappa shape index (κ2) is 6.47. The highest BCUT2D eigenvalue weighted by Gasteiger charge is 2.07. The molecule has 94 valence electrons. The molecule has 0 heterocycles. The number of rotatable bonds is 5. The van der Waals surface area contributed by atoms with Gasteiger partial charge < -0.3 is 10.8 Å². The van der Waals surface area contributed by atoms with Crippen LogP contribution in [0.3, 0.4) is 0 Å². The van der Waals surface area contributed by atoms with Gasteiger partial charge >= 0.3 is 0 Å². The van der Waals surface area contributed by atoms with Crippen molar-refractivity contribution in [2.45, 2.75) is 11.9 Å². The molecule has 0 aliphatic heterocycles. The summed E-state index contributed by atoms with van der Waals surface area (Å²) >= 11 is 1.72. The van der Waals surface area contributed by atoms with Crippen LogP contribution in [0.25, 0.3) is 0 Å². The van der Waals surface area contributed by atoms with E-state index in [0.717, 1.165) is 11.3 Å². The van der Waals surface area contributed by atoms with E-state index in [1.54, 1.807) is 11.8 Å². The Kier molecular flexibility index (Phi) is 4.67. The van der Waals surface area contributed by atoms with Crippen LogP contribution in [-0.2, 0) is 5.75 Å². The maximum Gasteiger partial charge on any atom is 0.0881 e. The zero-order valence-electron chi connectivity index (χ0n) is 10.1. The van der Waals surface area contributed by atoms with E-state index in [1.165, 1.54) is 5.56 Å². The summed E-state index contributed by atoms with van der Waals surface area (Å²) in [4.78, 5) is 0. The lowest BCUT2D eigenvalue weighted by Gasteiger charge is -2.11. The fraction of sp³-hybridized carbons (Fsp3) is 0.200. The molecular formula is C15H17NOS. The van der Waals surface area contributed by atoms with Crippen LogP contribution in [0.1, 0.15) is 17.2 Å². The van der Waals surface area contributed by atoms with Gasteiger partial charge in [0.2, 0.25) is 0 Å². The van der Waals surface area contributed by atoms with Crippen molar-refractivity contribution in [3.8, 4) is 0 Å². The summed E-state index contributed by atoms with van der Waals surface area (Å²) < 4.78 is 0. The first kappa shape index (κ1) is 13.0. The number of thioether (sulfide) groups is 1. The largest absolute Gasteiger partial charge is 0.399 e. The Morgan fingerprint density at radius 1 is 1.06 bits per heavy atom. The molecule has 0 bridgehead atoms. The van der Waals surface area contributed by atoms with Crippen LogP contribution in [0.4, 0.5) is 5.69 Å². The maximum atomic E-state index is 10.0. The summed E-state index contributed by atoms with van der Waals surface area (Å²) in [5, 5.41) is 10.0. The molecule has 2 rings (SSSR count). The molecule has 0 saturated carbocycles. The summed E-state index contributed by atoms with van der Waals surface area (Å²) in [5.41, 5.74) is 8.56. The van der Waals surface area contributed by atoms with E-state index in [4.69, 9.17) is 5.73 Å². The minimum Gasteiger partial charge on any atom is -0.399 e. The maximum absolute atomic E-state index is 10.0. The van der Waals surface area contributed by atoms with Gasteiger partial charge in [0.1, 0.15) is 0 Å². The Bertz CT molecular complexity index is 487. The normalized spacial score (nSPS) is 12.3. The minimum absolute atomic E-state index is 0.456. The van der Waals surface area contributed by atoms with Crippen molar-refractivity contribution >= 4 is 17.4 Å². The molecule has 0 fully saturated rings. The Morgan fingerprint density at radius 2 is 1.83 bits per heavy atom. The molecule has 0 aromatic heterocycles. The van der Waals surface area contributed by atoms with Gasteiger partial charge in [0.05, 0.1) is 6.10 Å². The lowest BCUT2D eigenvalue weighted by atomic mass is 10.1. The van der Waals surface area contributed by atoms with Gasteiger partial charge in [0, 0.05) is 17.2 Å². The van der Waals surface area contributed by atoms with Crippen molar-refractivity contribution < 1.29 is 5.11 Å². The van der Waals surface area contributed by atoms with Gasteiger partial charge in [0.15, 0.2) is 0 Å². The Balaban J connectivity index is 1.83. The molecule has 0 aliphatic rings. The number of anilines is 1. The molecule has 0 aliphatic carbocycles. The van der Waals surface area contributed by atoms with Crippen LogP contribution in [-0.4, -0.2) is 10.9 Å². The summed E-state index contributed by atoms with van der Waals surface area (Å²) in [6, 6.07) is 17.7. The number of hydrogen-bond acceptors (Lipinski definition) is 3. The first-order chi connectivity index (χ1) is 8.75. The van der Waals surface area contributed by atoms with E-state index in [0.29, 0.717) is 11.4 Å². The molecule has 3 heteroatoms. The highest BCUT2D eigenvalue weighted by atomic mass is 32.2. The van der Waals surface area contributed by atoms with Gasteiger partial charge in [-0.3, -0.25) is 0 Å². The lowest BCUT2D eigenvalue weighted by Crippen LogP contribution is -2.01. The van der Waals surface area contributed by atoms with Crippen LogP contribution in [0.15, 0.2) is 54.6 Å². The van der Waals surface area contributed by atoms with Gasteiger partial charge in [-0.1, -0.05) is 42.5 Å². The zero-order valence-corrected chi connectivity index (χ0v) is 10.9. The van der Waals surface area contributed by atoms with Crippen molar-refractivity contribution in [1.29, 1.82) is 0 Å². The molecule has 1 atom stereocenters. The zero-order chi connectivity index (χ0) is 12.8. The summed E-state index contributed by atoms with van der Waals surface area (Å²) in [6.45, 7) is 0. The Morgan fingerprint density at radius 3 is 2.56 bits per heavy atom. The van der Waals surface area contributed by atoms with Crippen molar-refractivity contribution in [3.63, 3.8) is 0 Å². The fourth-order valence-corrected chi connectivity index (χ4v) is 2.69. The van der Waals surface area contributed by atoms with Crippen LogP contribution in [0.5, 0.6) is 0 Å². The highest BCUT2D eigenvalue weighted by Crippen LogP contribution is 2.22.